The van der Waals surface area contributed by atoms with E-state index in [1.807, 2.05) is 0 Å². The highest BCUT2D eigenvalue weighted by atomic mass is 16.4. The normalized spacial score (nSPS) is 15.0. The Bertz CT molecular complexity index is 804. The van der Waals surface area contributed by atoms with Crippen LogP contribution in [-0.2, 0) is 33.6 Å². The van der Waals surface area contributed by atoms with Crippen molar-refractivity contribution in [1.82, 2.24) is 16.0 Å². The van der Waals surface area contributed by atoms with Crippen molar-refractivity contribution < 1.29 is 38.7 Å². The van der Waals surface area contributed by atoms with Gasteiger partial charge in [-0.2, -0.15) is 0 Å². The highest BCUT2D eigenvalue weighted by Gasteiger charge is 2.33. The lowest BCUT2D eigenvalue weighted by Gasteiger charge is -2.27. The minimum Gasteiger partial charge on any atom is -0.480 e. The lowest BCUT2D eigenvalue weighted by molar-refractivity contribution is -0.143. The predicted octanol–water partition coefficient (Wildman–Crippen LogP) is -4.08. The lowest BCUT2D eigenvalue weighted by Crippen LogP contribution is -2.59. The Balaban J connectivity index is 5.59. The van der Waals surface area contributed by atoms with Crippen molar-refractivity contribution >= 4 is 41.4 Å². The summed E-state index contributed by atoms with van der Waals surface area (Å²) in [5.41, 5.74) is 20.7. The molecule has 0 aromatic heterocycles. The van der Waals surface area contributed by atoms with Gasteiger partial charge in [0.05, 0.1) is 18.9 Å². The van der Waals surface area contributed by atoms with Gasteiger partial charge in [0.1, 0.15) is 18.1 Å². The lowest BCUT2D eigenvalue weighted by atomic mass is 9.97. The molecule has 0 spiro atoms. The SMILES string of the molecule is CCC(C)C(NC(=O)C(CC(N)=O)NC(=O)C(N)CC(N)=O)C(=O)NC(CCC(N)=O)C(=O)O. The van der Waals surface area contributed by atoms with Crippen LogP contribution in [0.5, 0.6) is 0 Å². The summed E-state index contributed by atoms with van der Waals surface area (Å²) in [6.45, 7) is 3.32. The summed E-state index contributed by atoms with van der Waals surface area (Å²) in [4.78, 5) is 82.5. The number of aliphatic carboxylic acids is 1. The summed E-state index contributed by atoms with van der Waals surface area (Å²) in [6, 6.07) is -5.64. The largest absolute Gasteiger partial charge is 0.480 e. The molecule has 192 valence electrons. The van der Waals surface area contributed by atoms with E-state index in [0.29, 0.717) is 6.42 Å². The van der Waals surface area contributed by atoms with Crippen LogP contribution in [0.15, 0.2) is 0 Å². The number of rotatable bonds is 16. The average molecular weight is 488 g/mol. The molecule has 0 saturated carbocycles. The molecule has 0 heterocycles. The molecule has 0 aromatic rings. The van der Waals surface area contributed by atoms with E-state index in [0.717, 1.165) is 0 Å². The van der Waals surface area contributed by atoms with Crippen molar-refractivity contribution in [2.75, 3.05) is 0 Å². The molecule has 5 atom stereocenters. The molecule has 0 fully saturated rings. The van der Waals surface area contributed by atoms with Gasteiger partial charge in [-0.1, -0.05) is 20.3 Å². The van der Waals surface area contributed by atoms with Crippen molar-refractivity contribution in [1.29, 1.82) is 0 Å². The fourth-order valence-electron chi connectivity index (χ4n) is 2.76. The summed E-state index contributed by atoms with van der Waals surface area (Å²) < 4.78 is 0. The van der Waals surface area contributed by atoms with Crippen LogP contribution >= 0.6 is 0 Å². The summed E-state index contributed by atoms with van der Waals surface area (Å²) in [5, 5.41) is 16.1. The predicted molar refractivity (Wildman–Crippen MR) is 117 cm³/mol. The molecule has 0 radical (unpaired) electrons. The Morgan fingerprint density at radius 3 is 1.74 bits per heavy atom. The van der Waals surface area contributed by atoms with Gasteiger partial charge < -0.3 is 44.0 Å². The van der Waals surface area contributed by atoms with Crippen molar-refractivity contribution in [2.45, 2.75) is 70.1 Å². The number of nitrogens with two attached hydrogens (primary N) is 4. The Morgan fingerprint density at radius 2 is 1.29 bits per heavy atom. The maximum atomic E-state index is 12.8. The molecular weight excluding hydrogens is 454 g/mol. The number of hydrogen-bond donors (Lipinski definition) is 8. The molecular formula is C19H33N7O8. The number of primary amides is 3. The van der Waals surface area contributed by atoms with E-state index in [1.165, 1.54) is 0 Å². The molecule has 12 N–H and O–H groups in total. The fraction of sp³-hybridized carbons (Fsp3) is 0.632. The van der Waals surface area contributed by atoms with Crippen molar-refractivity contribution in [3.8, 4) is 0 Å². The third-order valence-electron chi connectivity index (χ3n) is 4.88. The second kappa shape index (κ2) is 14.4. The highest BCUT2D eigenvalue weighted by molar-refractivity contribution is 5.97. The maximum absolute atomic E-state index is 12.8. The first-order valence-corrected chi connectivity index (χ1v) is 10.4. The van der Waals surface area contributed by atoms with Gasteiger partial charge in [0.2, 0.25) is 35.4 Å². The third-order valence-corrected chi connectivity index (χ3v) is 4.88. The summed E-state index contributed by atoms with van der Waals surface area (Å²) in [6.07, 6.45) is -1.35. The number of hydrogen-bond acceptors (Lipinski definition) is 8. The van der Waals surface area contributed by atoms with Gasteiger partial charge in [-0.3, -0.25) is 28.8 Å². The Kier molecular flexibility index (Phi) is 12.8. The van der Waals surface area contributed by atoms with E-state index in [9.17, 15) is 38.7 Å². The average Bonchev–Trinajstić information content (AvgIpc) is 2.72. The molecule has 0 aliphatic heterocycles. The first kappa shape index (κ1) is 30.2. The molecule has 0 aromatic carbocycles. The molecule has 15 nitrogen and oxygen atoms in total. The van der Waals surface area contributed by atoms with E-state index >= 15 is 0 Å². The first-order valence-electron chi connectivity index (χ1n) is 10.4. The van der Waals surface area contributed by atoms with Crippen LogP contribution in [0.4, 0.5) is 0 Å². The van der Waals surface area contributed by atoms with Crippen LogP contribution in [0.1, 0.15) is 46.0 Å². The number of carboxylic acids is 1. The Labute approximate surface area is 195 Å². The van der Waals surface area contributed by atoms with E-state index in [1.54, 1.807) is 13.8 Å². The molecule has 0 bridgehead atoms. The molecule has 5 unspecified atom stereocenters. The second-order valence-electron chi connectivity index (χ2n) is 7.78. The molecule has 0 rings (SSSR count). The van der Waals surface area contributed by atoms with Gasteiger partial charge in [-0.15, -0.1) is 0 Å². The molecule has 0 saturated heterocycles. The van der Waals surface area contributed by atoms with Crippen molar-refractivity contribution in [3.05, 3.63) is 0 Å². The van der Waals surface area contributed by atoms with Crippen LogP contribution in [-0.4, -0.2) is 70.7 Å². The number of nitrogens with one attached hydrogen (secondary N) is 3. The second-order valence-corrected chi connectivity index (χ2v) is 7.78. The quantitative estimate of drug-likeness (QED) is 0.105. The highest BCUT2D eigenvalue weighted by Crippen LogP contribution is 2.10. The summed E-state index contributed by atoms with van der Waals surface area (Å²) >= 11 is 0. The number of carbonyl (C=O) groups is 7. The smallest absolute Gasteiger partial charge is 0.326 e. The summed E-state index contributed by atoms with van der Waals surface area (Å²) in [7, 11) is 0. The zero-order valence-corrected chi connectivity index (χ0v) is 19.0. The molecule has 15 heteroatoms. The van der Waals surface area contributed by atoms with E-state index in [2.05, 4.69) is 16.0 Å². The van der Waals surface area contributed by atoms with Gasteiger partial charge >= 0.3 is 5.97 Å². The number of carboxylic acid groups (broad SMARTS) is 1. The van der Waals surface area contributed by atoms with Crippen LogP contribution in [0, 0.1) is 5.92 Å². The van der Waals surface area contributed by atoms with Gasteiger partial charge in [0, 0.05) is 6.42 Å². The third kappa shape index (κ3) is 11.2. The standard InChI is InChI=1S/C19H33N7O8/c1-3-8(2)15(18(32)24-10(19(33)34)4-5-12(21)27)26-17(31)11(7-14(23)29)25-16(30)9(20)6-13(22)28/h8-11,15H,3-7,20H2,1-2H3,(H2,21,27)(H2,22,28)(H2,23,29)(H,24,32)(H,25,30)(H,26,31)(H,33,34). The van der Waals surface area contributed by atoms with Crippen LogP contribution < -0.4 is 38.9 Å². The first-order chi connectivity index (χ1) is 15.7. The minimum absolute atomic E-state index is 0.268. The van der Waals surface area contributed by atoms with Gasteiger partial charge in [-0.25, -0.2) is 4.79 Å². The van der Waals surface area contributed by atoms with Crippen molar-refractivity contribution in [2.24, 2.45) is 28.9 Å². The Morgan fingerprint density at radius 1 is 0.765 bits per heavy atom. The zero-order chi connectivity index (χ0) is 26.6. The maximum Gasteiger partial charge on any atom is 0.326 e. The van der Waals surface area contributed by atoms with Crippen molar-refractivity contribution in [3.63, 3.8) is 0 Å². The fourth-order valence-corrected chi connectivity index (χ4v) is 2.76. The monoisotopic (exact) mass is 487 g/mol. The van der Waals surface area contributed by atoms with Gasteiger partial charge in [0.25, 0.3) is 0 Å². The van der Waals surface area contributed by atoms with Crippen LogP contribution in [0.3, 0.4) is 0 Å². The van der Waals surface area contributed by atoms with Gasteiger partial charge in [0.15, 0.2) is 0 Å². The number of amides is 6. The molecule has 34 heavy (non-hydrogen) atoms. The minimum atomic E-state index is -1.53. The number of carbonyl (C=O) groups excluding carboxylic acids is 6. The zero-order valence-electron chi connectivity index (χ0n) is 19.0. The van der Waals surface area contributed by atoms with Gasteiger partial charge in [-0.05, 0) is 12.3 Å². The van der Waals surface area contributed by atoms with E-state index in [-0.39, 0.29) is 12.8 Å². The molecule has 0 aliphatic carbocycles. The Hall–Kier alpha value is -3.75. The van der Waals surface area contributed by atoms with Crippen LogP contribution in [0.2, 0.25) is 0 Å². The van der Waals surface area contributed by atoms with Crippen LogP contribution in [0.25, 0.3) is 0 Å². The summed E-state index contributed by atoms with van der Waals surface area (Å²) in [5.74, 6) is -7.28. The van der Waals surface area contributed by atoms with E-state index in [4.69, 9.17) is 22.9 Å². The topological polar surface area (TPSA) is 280 Å². The molecule has 0 aliphatic rings. The molecule has 6 amide bonds. The van der Waals surface area contributed by atoms with E-state index < -0.39 is 84.3 Å².